The fraction of sp³-hybridized carbons (Fsp3) is 0.909. The van der Waals surface area contributed by atoms with E-state index in [-0.39, 0.29) is 5.91 Å². The van der Waals surface area contributed by atoms with Gasteiger partial charge in [-0.05, 0) is 32.6 Å². The highest BCUT2D eigenvalue weighted by Gasteiger charge is 2.26. The Morgan fingerprint density at radius 1 is 1.50 bits per heavy atom. The Kier molecular flexibility index (Phi) is 3.53. The van der Waals surface area contributed by atoms with E-state index < -0.39 is 5.54 Å². The molecule has 0 bridgehead atoms. The molecule has 3 heteroatoms. The van der Waals surface area contributed by atoms with Crippen LogP contribution in [0.4, 0.5) is 0 Å². The Morgan fingerprint density at radius 3 is 2.57 bits per heavy atom. The molecule has 0 aliphatic heterocycles. The third-order valence-electron chi connectivity index (χ3n) is 2.82. The van der Waals surface area contributed by atoms with Gasteiger partial charge in [0.05, 0.1) is 0 Å². The zero-order valence-electron chi connectivity index (χ0n) is 9.47. The van der Waals surface area contributed by atoms with Gasteiger partial charge in [-0.3, -0.25) is 4.79 Å². The monoisotopic (exact) mass is 198 g/mol. The number of rotatable bonds is 3. The van der Waals surface area contributed by atoms with Gasteiger partial charge in [0.15, 0.2) is 0 Å². The highest BCUT2D eigenvalue weighted by atomic mass is 16.1. The van der Waals surface area contributed by atoms with Gasteiger partial charge in [-0.2, -0.15) is 0 Å². The van der Waals surface area contributed by atoms with Crippen molar-refractivity contribution in [1.82, 2.24) is 5.32 Å². The molecule has 1 saturated carbocycles. The number of carbonyl (C=O) groups excluding carboxylic acids is 1. The van der Waals surface area contributed by atoms with Gasteiger partial charge in [0.1, 0.15) is 0 Å². The van der Waals surface area contributed by atoms with E-state index >= 15 is 0 Å². The van der Waals surface area contributed by atoms with Gasteiger partial charge in [-0.25, -0.2) is 0 Å². The van der Waals surface area contributed by atoms with Gasteiger partial charge in [0.25, 0.3) is 0 Å². The van der Waals surface area contributed by atoms with Gasteiger partial charge in [0.2, 0.25) is 5.91 Å². The summed E-state index contributed by atoms with van der Waals surface area (Å²) in [4.78, 5) is 11.6. The molecule has 1 aliphatic carbocycles. The lowest BCUT2D eigenvalue weighted by atomic mass is 10.0. The molecule has 0 aromatic carbocycles. The summed E-state index contributed by atoms with van der Waals surface area (Å²) < 4.78 is 0. The van der Waals surface area contributed by atoms with E-state index in [4.69, 9.17) is 5.73 Å². The van der Waals surface area contributed by atoms with E-state index in [1.165, 1.54) is 12.8 Å². The summed E-state index contributed by atoms with van der Waals surface area (Å²) in [5.74, 6) is 0.719. The maximum absolute atomic E-state index is 11.6. The number of amides is 1. The lowest BCUT2D eigenvalue weighted by Crippen LogP contribution is -2.43. The fourth-order valence-corrected chi connectivity index (χ4v) is 2.03. The van der Waals surface area contributed by atoms with Crippen LogP contribution in [-0.4, -0.2) is 17.5 Å². The topological polar surface area (TPSA) is 55.1 Å². The fourth-order valence-electron chi connectivity index (χ4n) is 2.03. The predicted molar refractivity (Wildman–Crippen MR) is 57.8 cm³/mol. The van der Waals surface area contributed by atoms with E-state index in [1.807, 2.05) is 13.8 Å². The third kappa shape index (κ3) is 3.66. The number of hydrogen-bond acceptors (Lipinski definition) is 2. The van der Waals surface area contributed by atoms with Crippen molar-refractivity contribution in [2.45, 2.75) is 58.0 Å². The maximum atomic E-state index is 11.6. The molecule has 0 saturated heterocycles. The Bertz CT molecular complexity index is 208. The average Bonchev–Trinajstić information content (AvgIpc) is 2.32. The van der Waals surface area contributed by atoms with Crippen molar-refractivity contribution in [1.29, 1.82) is 0 Å². The van der Waals surface area contributed by atoms with Crippen LogP contribution in [-0.2, 0) is 4.79 Å². The minimum atomic E-state index is -0.397. The summed E-state index contributed by atoms with van der Waals surface area (Å²) in [6.45, 7) is 5.96. The smallest absolute Gasteiger partial charge is 0.222 e. The number of nitrogens with one attached hydrogen (secondary N) is 1. The van der Waals surface area contributed by atoms with Crippen molar-refractivity contribution in [3.05, 3.63) is 0 Å². The molecular formula is C11H22N2O. The lowest BCUT2D eigenvalue weighted by molar-refractivity contribution is -0.122. The molecule has 0 radical (unpaired) electrons. The molecule has 82 valence electrons. The largest absolute Gasteiger partial charge is 0.353 e. The third-order valence-corrected chi connectivity index (χ3v) is 2.82. The number of carbonyl (C=O) groups is 1. The molecule has 1 fully saturated rings. The van der Waals surface area contributed by atoms with Crippen LogP contribution in [0.25, 0.3) is 0 Å². The van der Waals surface area contributed by atoms with E-state index in [1.54, 1.807) is 0 Å². The quantitative estimate of drug-likeness (QED) is 0.720. The second kappa shape index (κ2) is 4.30. The summed E-state index contributed by atoms with van der Waals surface area (Å²) in [6.07, 6.45) is 4.00. The average molecular weight is 198 g/mol. The standard InChI is InChI=1S/C11H22N2O/c1-8-5-4-6-9(8)13-10(14)7-11(2,3)12/h8-9H,4-7,12H2,1-3H3,(H,13,14). The molecule has 0 heterocycles. The normalized spacial score (nSPS) is 27.7. The summed E-state index contributed by atoms with van der Waals surface area (Å²) >= 11 is 0. The molecule has 1 rings (SSSR count). The number of hydrogen-bond donors (Lipinski definition) is 2. The van der Waals surface area contributed by atoms with Crippen molar-refractivity contribution < 1.29 is 4.79 Å². The SMILES string of the molecule is CC1CCCC1NC(=O)CC(C)(C)N. The van der Waals surface area contributed by atoms with Crippen LogP contribution in [0.1, 0.15) is 46.5 Å². The Balaban J connectivity index is 2.33. The molecule has 2 unspecified atom stereocenters. The molecule has 0 aromatic rings. The second-order valence-electron chi connectivity index (χ2n) is 5.25. The molecule has 1 amide bonds. The number of nitrogens with two attached hydrogens (primary N) is 1. The Hall–Kier alpha value is -0.570. The van der Waals surface area contributed by atoms with Crippen molar-refractivity contribution in [3.8, 4) is 0 Å². The van der Waals surface area contributed by atoms with Crippen LogP contribution in [0.5, 0.6) is 0 Å². The minimum absolute atomic E-state index is 0.0938. The van der Waals surface area contributed by atoms with Crippen LogP contribution in [0.15, 0.2) is 0 Å². The van der Waals surface area contributed by atoms with Crippen molar-refractivity contribution in [2.75, 3.05) is 0 Å². The summed E-state index contributed by atoms with van der Waals surface area (Å²) in [5.41, 5.74) is 5.39. The van der Waals surface area contributed by atoms with Crippen LogP contribution >= 0.6 is 0 Å². The predicted octanol–water partition coefficient (Wildman–Crippen LogP) is 1.42. The van der Waals surface area contributed by atoms with Gasteiger partial charge in [-0.1, -0.05) is 13.3 Å². The first-order valence-electron chi connectivity index (χ1n) is 5.47. The van der Waals surface area contributed by atoms with Crippen LogP contribution in [0.2, 0.25) is 0 Å². The Labute approximate surface area is 86.4 Å². The first kappa shape index (κ1) is 11.5. The van der Waals surface area contributed by atoms with E-state index in [0.717, 1.165) is 6.42 Å². The first-order chi connectivity index (χ1) is 6.38. The van der Waals surface area contributed by atoms with Gasteiger partial charge in [0, 0.05) is 18.0 Å². The van der Waals surface area contributed by atoms with Gasteiger partial charge in [-0.15, -0.1) is 0 Å². The van der Waals surface area contributed by atoms with Crippen molar-refractivity contribution in [3.63, 3.8) is 0 Å². The maximum Gasteiger partial charge on any atom is 0.222 e. The van der Waals surface area contributed by atoms with Crippen LogP contribution in [0, 0.1) is 5.92 Å². The molecule has 1 aliphatic rings. The molecular weight excluding hydrogens is 176 g/mol. The molecule has 0 aromatic heterocycles. The summed E-state index contributed by atoms with van der Waals surface area (Å²) in [6, 6.07) is 0.379. The van der Waals surface area contributed by atoms with Gasteiger partial charge >= 0.3 is 0 Å². The van der Waals surface area contributed by atoms with Crippen LogP contribution in [0.3, 0.4) is 0 Å². The van der Waals surface area contributed by atoms with Crippen molar-refractivity contribution >= 4 is 5.91 Å². The molecule has 14 heavy (non-hydrogen) atoms. The zero-order valence-corrected chi connectivity index (χ0v) is 9.47. The zero-order chi connectivity index (χ0) is 10.8. The molecule has 0 spiro atoms. The highest BCUT2D eigenvalue weighted by molar-refractivity contribution is 5.77. The van der Waals surface area contributed by atoms with E-state index in [2.05, 4.69) is 12.2 Å². The first-order valence-corrected chi connectivity index (χ1v) is 5.47. The molecule has 3 N–H and O–H groups in total. The minimum Gasteiger partial charge on any atom is -0.353 e. The summed E-state index contributed by atoms with van der Waals surface area (Å²) in [7, 11) is 0. The molecule has 2 atom stereocenters. The Morgan fingerprint density at radius 2 is 2.14 bits per heavy atom. The highest BCUT2D eigenvalue weighted by Crippen LogP contribution is 2.24. The molecule has 3 nitrogen and oxygen atoms in total. The second-order valence-corrected chi connectivity index (χ2v) is 5.25. The van der Waals surface area contributed by atoms with E-state index in [0.29, 0.717) is 18.4 Å². The van der Waals surface area contributed by atoms with E-state index in [9.17, 15) is 4.79 Å². The van der Waals surface area contributed by atoms with Gasteiger partial charge < -0.3 is 11.1 Å². The summed E-state index contributed by atoms with van der Waals surface area (Å²) in [5, 5.41) is 3.07. The van der Waals surface area contributed by atoms with Crippen molar-refractivity contribution in [2.24, 2.45) is 11.7 Å². The van der Waals surface area contributed by atoms with Crippen LogP contribution < -0.4 is 11.1 Å². The lowest BCUT2D eigenvalue weighted by Gasteiger charge is -2.22.